The summed E-state index contributed by atoms with van der Waals surface area (Å²) >= 11 is 0. The molecule has 0 saturated carbocycles. The van der Waals surface area contributed by atoms with E-state index in [1.165, 1.54) is 0 Å². The molecule has 0 aliphatic carbocycles. The second-order valence-electron chi connectivity index (χ2n) is 6.06. The molecule has 7 nitrogen and oxygen atoms in total. The van der Waals surface area contributed by atoms with Crippen LogP contribution in [0.1, 0.15) is 24.8 Å². The predicted octanol–water partition coefficient (Wildman–Crippen LogP) is 0.713. The summed E-state index contributed by atoms with van der Waals surface area (Å²) in [7, 11) is -1.80. The molecule has 1 saturated heterocycles. The van der Waals surface area contributed by atoms with Crippen molar-refractivity contribution in [1.82, 2.24) is 14.9 Å². The lowest BCUT2D eigenvalue weighted by atomic mass is 10.2. The van der Waals surface area contributed by atoms with Crippen LogP contribution in [0.25, 0.3) is 0 Å². The molecule has 1 aromatic carbocycles. The van der Waals surface area contributed by atoms with E-state index in [4.69, 9.17) is 4.74 Å². The average molecular weight is 369 g/mol. The van der Waals surface area contributed by atoms with Gasteiger partial charge in [0.2, 0.25) is 15.9 Å². The summed E-state index contributed by atoms with van der Waals surface area (Å²) in [6.07, 6.45) is 2.93. The number of hydrogen-bond donors (Lipinski definition) is 2. The van der Waals surface area contributed by atoms with Crippen LogP contribution in [0.5, 0.6) is 0 Å². The number of amides is 1. The van der Waals surface area contributed by atoms with Crippen molar-refractivity contribution >= 4 is 15.9 Å². The third kappa shape index (κ3) is 6.07. The fourth-order valence-electron chi connectivity index (χ4n) is 2.67. The molecule has 0 unspecified atom stereocenters. The van der Waals surface area contributed by atoms with Gasteiger partial charge in [-0.15, -0.1) is 0 Å². The molecule has 25 heavy (non-hydrogen) atoms. The molecular weight excluding hydrogens is 342 g/mol. The fraction of sp³-hybridized carbons (Fsp3) is 0.588. The topological polar surface area (TPSA) is 87.7 Å². The highest BCUT2D eigenvalue weighted by Crippen LogP contribution is 2.20. The van der Waals surface area contributed by atoms with Gasteiger partial charge in [-0.1, -0.05) is 18.6 Å². The number of benzene rings is 1. The Morgan fingerprint density at radius 1 is 1.16 bits per heavy atom. The Hall–Kier alpha value is -1.48. The lowest BCUT2D eigenvalue weighted by Gasteiger charge is -2.25. The van der Waals surface area contributed by atoms with Gasteiger partial charge in [-0.05, 0) is 30.5 Å². The van der Waals surface area contributed by atoms with Gasteiger partial charge in [-0.2, -0.15) is 4.31 Å². The molecule has 0 radical (unpaired) electrons. The number of nitrogens with one attached hydrogen (secondary N) is 2. The van der Waals surface area contributed by atoms with Crippen LogP contribution < -0.4 is 10.6 Å². The Bertz CT molecular complexity index is 640. The zero-order valence-electron chi connectivity index (χ0n) is 14.7. The standard InChI is InChI=1S/C17H27N3O4S/c1-24-12-9-18-14-17(21)19-13-15-5-7-16(8-6-15)25(22,23)20-10-3-2-4-11-20/h5-8,18H,2-4,9-14H2,1H3,(H,19,21). The number of methoxy groups -OCH3 is 1. The lowest BCUT2D eigenvalue weighted by molar-refractivity contribution is -0.120. The Balaban J connectivity index is 1.84. The molecule has 140 valence electrons. The average Bonchev–Trinajstić information content (AvgIpc) is 2.64. The second-order valence-corrected chi connectivity index (χ2v) is 7.99. The molecule has 1 amide bonds. The van der Waals surface area contributed by atoms with Crippen molar-refractivity contribution in [3.63, 3.8) is 0 Å². The van der Waals surface area contributed by atoms with E-state index in [9.17, 15) is 13.2 Å². The van der Waals surface area contributed by atoms with Gasteiger partial charge in [0.15, 0.2) is 0 Å². The van der Waals surface area contributed by atoms with Crippen LogP contribution in [-0.2, 0) is 26.1 Å². The molecular formula is C17H27N3O4S. The van der Waals surface area contributed by atoms with Gasteiger partial charge in [0, 0.05) is 33.3 Å². The van der Waals surface area contributed by atoms with Crippen molar-refractivity contribution in [3.05, 3.63) is 29.8 Å². The number of ether oxygens (including phenoxy) is 1. The summed E-state index contributed by atoms with van der Waals surface area (Å²) < 4.78 is 31.6. The molecule has 0 bridgehead atoms. The number of nitrogens with zero attached hydrogens (tertiary/aromatic N) is 1. The van der Waals surface area contributed by atoms with E-state index in [0.29, 0.717) is 37.7 Å². The molecule has 1 aliphatic heterocycles. The molecule has 1 aliphatic rings. The van der Waals surface area contributed by atoms with Gasteiger partial charge in [-0.25, -0.2) is 8.42 Å². The van der Waals surface area contributed by atoms with E-state index in [1.54, 1.807) is 35.7 Å². The van der Waals surface area contributed by atoms with E-state index in [2.05, 4.69) is 10.6 Å². The van der Waals surface area contributed by atoms with Gasteiger partial charge >= 0.3 is 0 Å². The molecule has 0 aromatic heterocycles. The van der Waals surface area contributed by atoms with Crippen LogP contribution in [0.3, 0.4) is 0 Å². The maximum atomic E-state index is 12.6. The zero-order chi connectivity index (χ0) is 18.1. The molecule has 2 rings (SSSR count). The molecule has 2 N–H and O–H groups in total. The van der Waals surface area contributed by atoms with E-state index < -0.39 is 10.0 Å². The molecule has 1 fully saturated rings. The highest BCUT2D eigenvalue weighted by molar-refractivity contribution is 7.89. The first kappa shape index (κ1) is 19.8. The van der Waals surface area contributed by atoms with E-state index in [-0.39, 0.29) is 12.5 Å². The summed E-state index contributed by atoms with van der Waals surface area (Å²) in [4.78, 5) is 12.0. The quantitative estimate of drug-likeness (QED) is 0.626. The normalized spacial score (nSPS) is 15.9. The lowest BCUT2D eigenvalue weighted by Crippen LogP contribution is -2.35. The molecule has 1 aromatic rings. The predicted molar refractivity (Wildman–Crippen MR) is 95.6 cm³/mol. The Kier molecular flexibility index (Phi) is 7.83. The third-order valence-electron chi connectivity index (χ3n) is 4.13. The number of piperidine rings is 1. The molecule has 0 spiro atoms. The summed E-state index contributed by atoms with van der Waals surface area (Å²) in [5.74, 6) is -0.110. The van der Waals surface area contributed by atoms with Gasteiger partial charge in [0.25, 0.3) is 0 Å². The van der Waals surface area contributed by atoms with Gasteiger partial charge in [0.1, 0.15) is 0 Å². The highest BCUT2D eigenvalue weighted by atomic mass is 32.2. The number of sulfonamides is 1. The van der Waals surface area contributed by atoms with Crippen LogP contribution in [0, 0.1) is 0 Å². The number of carbonyl (C=O) groups excluding carboxylic acids is 1. The minimum Gasteiger partial charge on any atom is -0.383 e. The van der Waals surface area contributed by atoms with Gasteiger partial charge < -0.3 is 15.4 Å². The van der Waals surface area contributed by atoms with E-state index in [1.807, 2.05) is 0 Å². The number of rotatable bonds is 9. The zero-order valence-corrected chi connectivity index (χ0v) is 15.5. The maximum Gasteiger partial charge on any atom is 0.243 e. The SMILES string of the molecule is COCCNCC(=O)NCc1ccc(S(=O)(=O)N2CCCCC2)cc1. The van der Waals surface area contributed by atoms with Crippen molar-refractivity contribution < 1.29 is 17.9 Å². The minimum atomic E-state index is -3.40. The van der Waals surface area contributed by atoms with Crippen LogP contribution in [0.4, 0.5) is 0 Å². The first-order chi connectivity index (χ1) is 12.0. The van der Waals surface area contributed by atoms with Crippen molar-refractivity contribution in [2.24, 2.45) is 0 Å². The van der Waals surface area contributed by atoms with Crippen LogP contribution in [0.2, 0.25) is 0 Å². The van der Waals surface area contributed by atoms with Gasteiger partial charge in [0.05, 0.1) is 18.0 Å². The fourth-order valence-corrected chi connectivity index (χ4v) is 4.19. The highest BCUT2D eigenvalue weighted by Gasteiger charge is 2.25. The molecule has 8 heteroatoms. The monoisotopic (exact) mass is 369 g/mol. The largest absolute Gasteiger partial charge is 0.383 e. The van der Waals surface area contributed by atoms with Crippen LogP contribution >= 0.6 is 0 Å². The Morgan fingerprint density at radius 3 is 2.48 bits per heavy atom. The van der Waals surface area contributed by atoms with Crippen LogP contribution in [0.15, 0.2) is 29.2 Å². The Labute approximate surface area is 149 Å². The molecule has 1 heterocycles. The first-order valence-electron chi connectivity index (χ1n) is 8.59. The van der Waals surface area contributed by atoms with Crippen molar-refractivity contribution in [2.75, 3.05) is 39.9 Å². The smallest absolute Gasteiger partial charge is 0.243 e. The van der Waals surface area contributed by atoms with E-state index >= 15 is 0 Å². The summed E-state index contributed by atoms with van der Waals surface area (Å²) in [5, 5.41) is 5.76. The summed E-state index contributed by atoms with van der Waals surface area (Å²) in [6, 6.07) is 6.72. The maximum absolute atomic E-state index is 12.6. The van der Waals surface area contributed by atoms with Crippen LogP contribution in [-0.4, -0.2) is 58.5 Å². The third-order valence-corrected chi connectivity index (χ3v) is 6.05. The van der Waals surface area contributed by atoms with Crippen molar-refractivity contribution in [2.45, 2.75) is 30.7 Å². The summed E-state index contributed by atoms with van der Waals surface area (Å²) in [6.45, 7) is 2.96. The first-order valence-corrected chi connectivity index (χ1v) is 10.0. The Morgan fingerprint density at radius 2 is 1.84 bits per heavy atom. The second kappa shape index (κ2) is 9.86. The number of carbonyl (C=O) groups is 1. The van der Waals surface area contributed by atoms with Gasteiger partial charge in [-0.3, -0.25) is 4.79 Å². The number of hydrogen-bond acceptors (Lipinski definition) is 5. The van der Waals surface area contributed by atoms with Crippen molar-refractivity contribution in [1.29, 1.82) is 0 Å². The van der Waals surface area contributed by atoms with E-state index in [0.717, 1.165) is 24.8 Å². The summed E-state index contributed by atoms with van der Waals surface area (Å²) in [5.41, 5.74) is 0.864. The molecule has 0 atom stereocenters. The minimum absolute atomic E-state index is 0.110. The van der Waals surface area contributed by atoms with Crippen molar-refractivity contribution in [3.8, 4) is 0 Å².